The Labute approximate surface area is 235 Å². The number of carbonyl (C=O) groups excluding carboxylic acids is 2. The summed E-state index contributed by atoms with van der Waals surface area (Å²) in [5.74, 6) is -1.07. The van der Waals surface area contributed by atoms with E-state index in [0.29, 0.717) is 55.0 Å². The molecule has 1 aliphatic rings. The molecule has 1 aliphatic heterocycles. The van der Waals surface area contributed by atoms with Crippen molar-refractivity contribution in [3.63, 3.8) is 0 Å². The second-order valence-electron chi connectivity index (χ2n) is 10.9. The van der Waals surface area contributed by atoms with E-state index in [-0.39, 0.29) is 24.3 Å². The number of nitriles is 1. The van der Waals surface area contributed by atoms with Gasteiger partial charge in [-0.05, 0) is 82.8 Å². The minimum Gasteiger partial charge on any atom is -0.466 e. The lowest BCUT2D eigenvalue weighted by atomic mass is 9.91. The second kappa shape index (κ2) is 13.8. The molecule has 3 rings (SSSR count). The van der Waals surface area contributed by atoms with Gasteiger partial charge in [-0.2, -0.15) is 5.26 Å². The van der Waals surface area contributed by atoms with E-state index in [4.69, 9.17) is 26.3 Å². The third kappa shape index (κ3) is 9.52. The molecule has 0 unspecified atom stereocenters. The maximum absolute atomic E-state index is 14.3. The van der Waals surface area contributed by atoms with Gasteiger partial charge in [0.25, 0.3) is 0 Å². The summed E-state index contributed by atoms with van der Waals surface area (Å²) in [6.07, 6.45) is 0.787. The monoisotopic (exact) mass is 557 g/mol. The molecular formula is C30H37ClFN3O4. The fourth-order valence-corrected chi connectivity index (χ4v) is 4.77. The van der Waals surface area contributed by atoms with Gasteiger partial charge in [0.2, 0.25) is 0 Å². The van der Waals surface area contributed by atoms with Gasteiger partial charge in [-0.25, -0.2) is 9.18 Å². The molecule has 39 heavy (non-hydrogen) atoms. The van der Waals surface area contributed by atoms with Crippen LogP contribution in [0.1, 0.15) is 46.1 Å². The second-order valence-corrected chi connectivity index (χ2v) is 11.4. The predicted molar refractivity (Wildman–Crippen MR) is 149 cm³/mol. The van der Waals surface area contributed by atoms with Crippen molar-refractivity contribution in [2.75, 3.05) is 26.2 Å². The third-order valence-electron chi connectivity index (χ3n) is 6.52. The van der Waals surface area contributed by atoms with Crippen molar-refractivity contribution in [3.8, 4) is 17.2 Å². The van der Waals surface area contributed by atoms with Crippen LogP contribution >= 0.6 is 11.6 Å². The average molecular weight is 558 g/mol. The summed E-state index contributed by atoms with van der Waals surface area (Å²) >= 11 is 6.06. The maximum Gasteiger partial charge on any atom is 0.407 e. The van der Waals surface area contributed by atoms with E-state index in [0.717, 1.165) is 5.56 Å². The van der Waals surface area contributed by atoms with Crippen molar-refractivity contribution in [2.45, 2.75) is 58.6 Å². The number of hydrogen-bond acceptors (Lipinski definition) is 6. The molecular weight excluding hydrogens is 521 g/mol. The molecule has 7 nitrogen and oxygen atoms in total. The molecule has 1 N–H and O–H groups in total. The average Bonchev–Trinajstić information content (AvgIpc) is 2.83. The SMILES string of the molecule is CCOC(=O)[C@H](CCN1CC(C#N)C1)C[C@@H](Cc1ccc(-c2cc(Cl)ccc2F)cc1)NC(=O)OC(C)(C)C. The first kappa shape index (κ1) is 30.4. The number of alkyl carbamates (subject to hydrolysis) is 1. The van der Waals surface area contributed by atoms with Gasteiger partial charge >= 0.3 is 12.1 Å². The van der Waals surface area contributed by atoms with Crippen LogP contribution in [-0.4, -0.2) is 54.8 Å². The maximum atomic E-state index is 14.3. The standard InChI is InChI=1S/C30H37ClFN3O4/c1-5-38-28(36)23(12-13-35-18-21(17-33)19-35)15-25(34-29(37)39-30(2,3)4)14-20-6-8-22(9-7-20)26-16-24(31)10-11-27(26)32/h6-11,16,21,23,25H,5,12-15,18-19H2,1-4H3,(H,34,37)/t23-,25-/m1/s1. The Hall–Kier alpha value is -3.15. The summed E-state index contributed by atoms with van der Waals surface area (Å²) in [4.78, 5) is 27.7. The predicted octanol–water partition coefficient (Wildman–Crippen LogP) is 6.00. The van der Waals surface area contributed by atoms with E-state index in [2.05, 4.69) is 16.3 Å². The van der Waals surface area contributed by atoms with Crippen molar-refractivity contribution in [1.82, 2.24) is 10.2 Å². The van der Waals surface area contributed by atoms with Gasteiger partial charge in [0, 0.05) is 29.7 Å². The molecule has 0 bridgehead atoms. The number of nitrogens with one attached hydrogen (secondary N) is 1. The van der Waals surface area contributed by atoms with Crippen LogP contribution in [0, 0.1) is 29.0 Å². The first-order valence-corrected chi connectivity index (χ1v) is 13.7. The fraction of sp³-hybridized carbons (Fsp3) is 0.500. The van der Waals surface area contributed by atoms with Gasteiger partial charge in [0.05, 0.1) is 24.5 Å². The molecule has 0 saturated carbocycles. The first-order chi connectivity index (χ1) is 18.5. The molecule has 1 heterocycles. The van der Waals surface area contributed by atoms with E-state index in [1.165, 1.54) is 12.1 Å². The molecule has 1 saturated heterocycles. The van der Waals surface area contributed by atoms with Gasteiger partial charge < -0.3 is 19.7 Å². The van der Waals surface area contributed by atoms with E-state index in [1.807, 2.05) is 24.3 Å². The molecule has 0 radical (unpaired) electrons. The van der Waals surface area contributed by atoms with Crippen LogP contribution in [0.25, 0.3) is 11.1 Å². The van der Waals surface area contributed by atoms with Gasteiger partial charge in [0.15, 0.2) is 0 Å². The topological polar surface area (TPSA) is 91.7 Å². The number of carbonyl (C=O) groups is 2. The highest BCUT2D eigenvalue weighted by molar-refractivity contribution is 6.30. The number of esters is 1. The van der Waals surface area contributed by atoms with E-state index in [9.17, 15) is 14.0 Å². The van der Waals surface area contributed by atoms with Gasteiger partial charge in [0.1, 0.15) is 11.4 Å². The molecule has 0 aromatic heterocycles. The molecule has 2 aromatic carbocycles. The van der Waals surface area contributed by atoms with Crippen LogP contribution in [0.3, 0.4) is 0 Å². The van der Waals surface area contributed by atoms with Crippen molar-refractivity contribution in [1.29, 1.82) is 5.26 Å². The highest BCUT2D eigenvalue weighted by Gasteiger charge is 2.31. The van der Waals surface area contributed by atoms with Crippen LogP contribution in [0.2, 0.25) is 5.02 Å². The molecule has 0 spiro atoms. The number of amides is 1. The van der Waals surface area contributed by atoms with Crippen LogP contribution < -0.4 is 5.32 Å². The van der Waals surface area contributed by atoms with Gasteiger partial charge in [-0.1, -0.05) is 35.9 Å². The Morgan fingerprint density at radius 1 is 1.21 bits per heavy atom. The number of rotatable bonds is 11. The van der Waals surface area contributed by atoms with E-state index >= 15 is 0 Å². The minimum absolute atomic E-state index is 0.0379. The minimum atomic E-state index is -0.674. The van der Waals surface area contributed by atoms with Crippen molar-refractivity contribution in [2.24, 2.45) is 11.8 Å². The molecule has 0 aliphatic carbocycles. The van der Waals surface area contributed by atoms with E-state index < -0.39 is 23.7 Å². The zero-order valence-corrected chi connectivity index (χ0v) is 23.8. The summed E-state index contributed by atoms with van der Waals surface area (Å²) in [6, 6.07) is 13.6. The zero-order chi connectivity index (χ0) is 28.6. The quantitative estimate of drug-likeness (QED) is 0.341. The summed E-state index contributed by atoms with van der Waals surface area (Å²) in [5, 5.41) is 12.4. The van der Waals surface area contributed by atoms with Crippen molar-refractivity contribution in [3.05, 3.63) is 58.9 Å². The van der Waals surface area contributed by atoms with Crippen molar-refractivity contribution >= 4 is 23.7 Å². The van der Waals surface area contributed by atoms with Gasteiger partial charge in [-0.3, -0.25) is 4.79 Å². The lowest BCUT2D eigenvalue weighted by Gasteiger charge is -2.36. The highest BCUT2D eigenvalue weighted by Crippen LogP contribution is 2.27. The Morgan fingerprint density at radius 2 is 1.90 bits per heavy atom. The summed E-state index contributed by atoms with van der Waals surface area (Å²) in [5.41, 5.74) is 1.33. The third-order valence-corrected chi connectivity index (χ3v) is 6.75. The number of benzene rings is 2. The zero-order valence-electron chi connectivity index (χ0n) is 23.0. The number of nitrogens with zero attached hydrogens (tertiary/aromatic N) is 2. The Balaban J connectivity index is 1.76. The first-order valence-electron chi connectivity index (χ1n) is 13.3. The van der Waals surface area contributed by atoms with Crippen LogP contribution in [-0.2, 0) is 20.7 Å². The Kier molecular flexibility index (Phi) is 10.7. The number of likely N-dealkylation sites (tertiary alicyclic amines) is 1. The summed E-state index contributed by atoms with van der Waals surface area (Å²) < 4.78 is 25.2. The van der Waals surface area contributed by atoms with Gasteiger partial charge in [-0.15, -0.1) is 0 Å². The fourth-order valence-electron chi connectivity index (χ4n) is 4.60. The Bertz CT molecular complexity index is 1170. The molecule has 1 fully saturated rings. The molecule has 2 atom stereocenters. The molecule has 1 amide bonds. The highest BCUT2D eigenvalue weighted by atomic mass is 35.5. The van der Waals surface area contributed by atoms with Crippen LogP contribution in [0.4, 0.5) is 9.18 Å². The lowest BCUT2D eigenvalue weighted by molar-refractivity contribution is -0.149. The summed E-state index contributed by atoms with van der Waals surface area (Å²) in [6.45, 7) is 9.47. The molecule has 2 aromatic rings. The molecule has 210 valence electrons. The molecule has 9 heteroatoms. The van der Waals surface area contributed by atoms with Crippen LogP contribution in [0.5, 0.6) is 0 Å². The summed E-state index contributed by atoms with van der Waals surface area (Å²) in [7, 11) is 0. The Morgan fingerprint density at radius 3 is 2.51 bits per heavy atom. The number of ether oxygens (including phenoxy) is 2. The largest absolute Gasteiger partial charge is 0.466 e. The van der Waals surface area contributed by atoms with Crippen LogP contribution in [0.15, 0.2) is 42.5 Å². The smallest absolute Gasteiger partial charge is 0.407 e. The number of hydrogen-bond donors (Lipinski definition) is 1. The lowest BCUT2D eigenvalue weighted by Crippen LogP contribution is -2.47. The number of halogens is 2. The van der Waals surface area contributed by atoms with Crippen molar-refractivity contribution < 1.29 is 23.5 Å². The normalized spacial score (nSPS) is 15.5. The van der Waals surface area contributed by atoms with E-state index in [1.54, 1.807) is 33.8 Å².